The van der Waals surface area contributed by atoms with Gasteiger partial charge in [-0.25, -0.2) is 9.97 Å². The Hall–Kier alpha value is -0.770. The first-order valence-corrected chi connectivity index (χ1v) is 8.67. The van der Waals surface area contributed by atoms with E-state index in [0.717, 1.165) is 34.9 Å². The molecule has 3 nitrogen and oxygen atoms in total. The summed E-state index contributed by atoms with van der Waals surface area (Å²) in [6, 6.07) is 2.12. The van der Waals surface area contributed by atoms with Crippen molar-refractivity contribution in [3.05, 3.63) is 11.9 Å². The maximum atomic E-state index is 4.79. The van der Waals surface area contributed by atoms with Gasteiger partial charge >= 0.3 is 0 Å². The van der Waals surface area contributed by atoms with Crippen LogP contribution < -0.4 is 5.32 Å². The van der Waals surface area contributed by atoms with Crippen LogP contribution in [0.15, 0.2) is 11.1 Å². The molecule has 0 unspecified atom stereocenters. The Balaban J connectivity index is 2.19. The second-order valence-electron chi connectivity index (χ2n) is 6.62. The Morgan fingerprint density at radius 1 is 1.25 bits per heavy atom. The zero-order chi connectivity index (χ0) is 14.6. The number of nitrogens with one attached hydrogen (secondary N) is 1. The van der Waals surface area contributed by atoms with Crippen molar-refractivity contribution in [1.82, 2.24) is 9.97 Å². The third-order valence-corrected chi connectivity index (χ3v) is 4.77. The minimum absolute atomic E-state index is 0.00507. The van der Waals surface area contributed by atoms with Gasteiger partial charge in [0, 0.05) is 23.3 Å². The van der Waals surface area contributed by atoms with Crippen LogP contribution in [0.2, 0.25) is 0 Å². The van der Waals surface area contributed by atoms with Crippen molar-refractivity contribution in [2.24, 2.45) is 0 Å². The summed E-state index contributed by atoms with van der Waals surface area (Å²) in [6.45, 7) is 9.67. The molecule has 0 aromatic carbocycles. The molecule has 112 valence electrons. The van der Waals surface area contributed by atoms with E-state index in [1.54, 1.807) is 0 Å². The maximum Gasteiger partial charge on any atom is 0.137 e. The van der Waals surface area contributed by atoms with Crippen LogP contribution in [0.1, 0.15) is 65.6 Å². The summed E-state index contributed by atoms with van der Waals surface area (Å²) in [5.41, 5.74) is -0.00507. The van der Waals surface area contributed by atoms with E-state index in [0.29, 0.717) is 0 Å². The van der Waals surface area contributed by atoms with Crippen LogP contribution in [0, 0.1) is 0 Å². The van der Waals surface area contributed by atoms with Gasteiger partial charge in [0.15, 0.2) is 0 Å². The molecular formula is C16H27N3S. The molecule has 1 heterocycles. The first-order valence-electron chi connectivity index (χ1n) is 7.79. The summed E-state index contributed by atoms with van der Waals surface area (Å²) in [6.07, 6.45) is 6.51. The van der Waals surface area contributed by atoms with Gasteiger partial charge in [0.25, 0.3) is 0 Å². The Kier molecular flexibility index (Phi) is 5.30. The topological polar surface area (TPSA) is 37.8 Å². The molecule has 0 atom stereocenters. The molecule has 0 aliphatic heterocycles. The molecular weight excluding hydrogens is 266 g/mol. The Bertz CT molecular complexity index is 434. The van der Waals surface area contributed by atoms with Crippen LogP contribution in [-0.2, 0) is 5.41 Å². The lowest BCUT2D eigenvalue weighted by molar-refractivity contribution is 0.539. The van der Waals surface area contributed by atoms with Gasteiger partial charge in [0.2, 0.25) is 0 Å². The number of anilines is 1. The molecule has 1 aromatic heterocycles. The Morgan fingerprint density at radius 2 is 1.95 bits per heavy atom. The van der Waals surface area contributed by atoms with Crippen LogP contribution in [0.5, 0.6) is 0 Å². The molecule has 0 bridgehead atoms. The summed E-state index contributed by atoms with van der Waals surface area (Å²) in [7, 11) is 0. The van der Waals surface area contributed by atoms with Crippen molar-refractivity contribution in [2.75, 3.05) is 11.9 Å². The highest BCUT2D eigenvalue weighted by Crippen LogP contribution is 2.35. The number of hydrogen-bond acceptors (Lipinski definition) is 4. The fraction of sp³-hybridized carbons (Fsp3) is 0.750. The Labute approximate surface area is 127 Å². The van der Waals surface area contributed by atoms with E-state index in [2.05, 4.69) is 44.1 Å². The van der Waals surface area contributed by atoms with E-state index in [4.69, 9.17) is 4.98 Å². The molecule has 1 N–H and O–H groups in total. The van der Waals surface area contributed by atoms with Gasteiger partial charge in [-0.05, 0) is 19.3 Å². The lowest BCUT2D eigenvalue weighted by atomic mass is 9.96. The van der Waals surface area contributed by atoms with Crippen molar-refractivity contribution in [2.45, 2.75) is 75.5 Å². The quantitative estimate of drug-likeness (QED) is 0.803. The van der Waals surface area contributed by atoms with Gasteiger partial charge < -0.3 is 5.32 Å². The number of nitrogens with zero attached hydrogens (tertiary/aromatic N) is 2. The zero-order valence-electron chi connectivity index (χ0n) is 13.2. The highest BCUT2D eigenvalue weighted by Gasteiger charge is 2.22. The van der Waals surface area contributed by atoms with Gasteiger partial charge in [-0.15, -0.1) is 11.8 Å². The number of thioether (sulfide) groups is 1. The van der Waals surface area contributed by atoms with E-state index < -0.39 is 0 Å². The number of hydrogen-bond donors (Lipinski definition) is 1. The standard InChI is InChI=1S/C16H27N3S/c1-5-10-17-13-11-14(20-12-8-6-7-9-12)19-15(18-13)16(2,3)4/h11-12H,5-10H2,1-4H3,(H,17,18,19). The average molecular weight is 293 g/mol. The van der Waals surface area contributed by atoms with E-state index >= 15 is 0 Å². The summed E-state index contributed by atoms with van der Waals surface area (Å²) in [5, 5.41) is 5.29. The number of aromatic nitrogens is 2. The molecule has 0 spiro atoms. The van der Waals surface area contributed by atoms with Gasteiger partial charge in [-0.3, -0.25) is 0 Å². The average Bonchev–Trinajstić information content (AvgIpc) is 2.88. The van der Waals surface area contributed by atoms with Crippen molar-refractivity contribution < 1.29 is 0 Å². The van der Waals surface area contributed by atoms with Crippen molar-refractivity contribution in [3.8, 4) is 0 Å². The Morgan fingerprint density at radius 3 is 2.55 bits per heavy atom. The highest BCUT2D eigenvalue weighted by atomic mass is 32.2. The lowest BCUT2D eigenvalue weighted by Crippen LogP contribution is -2.18. The number of rotatable bonds is 5. The SMILES string of the molecule is CCCNc1cc(SC2CCCC2)nc(C(C)(C)C)n1. The first kappa shape index (κ1) is 15.6. The van der Waals surface area contributed by atoms with Crippen molar-refractivity contribution in [1.29, 1.82) is 0 Å². The van der Waals surface area contributed by atoms with E-state index in [1.165, 1.54) is 25.7 Å². The predicted molar refractivity (Wildman–Crippen MR) is 87.6 cm³/mol. The lowest BCUT2D eigenvalue weighted by Gasteiger charge is -2.19. The predicted octanol–water partition coefficient (Wildman–Crippen LogP) is 4.63. The molecule has 1 fully saturated rings. The van der Waals surface area contributed by atoms with E-state index in [9.17, 15) is 0 Å². The normalized spacial score (nSPS) is 16.6. The molecule has 20 heavy (non-hydrogen) atoms. The maximum absolute atomic E-state index is 4.79. The fourth-order valence-corrected chi connectivity index (χ4v) is 3.57. The van der Waals surface area contributed by atoms with Gasteiger partial charge in [0.05, 0.1) is 0 Å². The van der Waals surface area contributed by atoms with Crippen molar-refractivity contribution in [3.63, 3.8) is 0 Å². The molecule has 2 rings (SSSR count). The molecule has 0 amide bonds. The summed E-state index contributed by atoms with van der Waals surface area (Å²) in [5.74, 6) is 1.92. The second kappa shape index (κ2) is 6.79. The molecule has 1 aliphatic rings. The molecule has 4 heteroatoms. The molecule has 0 radical (unpaired) electrons. The van der Waals surface area contributed by atoms with Gasteiger partial charge in [0.1, 0.15) is 16.7 Å². The van der Waals surface area contributed by atoms with E-state index in [1.807, 2.05) is 11.8 Å². The van der Waals surface area contributed by atoms with Crippen molar-refractivity contribution >= 4 is 17.6 Å². The van der Waals surface area contributed by atoms with Crippen LogP contribution in [-0.4, -0.2) is 21.8 Å². The molecule has 0 saturated heterocycles. The van der Waals surface area contributed by atoms with Crippen LogP contribution in [0.25, 0.3) is 0 Å². The largest absolute Gasteiger partial charge is 0.370 e. The van der Waals surface area contributed by atoms with Crippen LogP contribution >= 0.6 is 11.8 Å². The van der Waals surface area contributed by atoms with Gasteiger partial charge in [-0.2, -0.15) is 0 Å². The first-order chi connectivity index (χ1) is 9.49. The summed E-state index contributed by atoms with van der Waals surface area (Å²) < 4.78 is 0. The monoisotopic (exact) mass is 293 g/mol. The molecule has 1 saturated carbocycles. The minimum Gasteiger partial charge on any atom is -0.370 e. The molecule has 1 aromatic rings. The van der Waals surface area contributed by atoms with Crippen LogP contribution in [0.3, 0.4) is 0 Å². The molecule has 1 aliphatic carbocycles. The minimum atomic E-state index is -0.00507. The van der Waals surface area contributed by atoms with Gasteiger partial charge in [-0.1, -0.05) is 40.5 Å². The third kappa shape index (κ3) is 4.37. The third-order valence-electron chi connectivity index (χ3n) is 3.52. The fourth-order valence-electron chi connectivity index (χ4n) is 2.34. The summed E-state index contributed by atoms with van der Waals surface area (Å²) >= 11 is 1.94. The zero-order valence-corrected chi connectivity index (χ0v) is 14.0. The van der Waals surface area contributed by atoms with Crippen LogP contribution in [0.4, 0.5) is 5.82 Å². The highest BCUT2D eigenvalue weighted by molar-refractivity contribution is 7.99. The smallest absolute Gasteiger partial charge is 0.137 e. The second-order valence-corrected chi connectivity index (χ2v) is 7.94. The van der Waals surface area contributed by atoms with E-state index in [-0.39, 0.29) is 5.41 Å². The summed E-state index contributed by atoms with van der Waals surface area (Å²) in [4.78, 5) is 9.47.